The smallest absolute Gasteiger partial charge is 0.0949 e. The third-order valence-electron chi connectivity index (χ3n) is 2.05. The first kappa shape index (κ1) is 9.09. The lowest BCUT2D eigenvalue weighted by atomic mass is 10.2. The van der Waals surface area contributed by atoms with Crippen LogP contribution in [0.2, 0.25) is 5.02 Å². The van der Waals surface area contributed by atoms with E-state index in [1.165, 1.54) is 0 Å². The molecule has 2 aromatic rings. The van der Waals surface area contributed by atoms with Crippen LogP contribution >= 0.6 is 11.6 Å². The minimum atomic E-state index is 0.658. The maximum atomic E-state index is 6.03. The Labute approximate surface area is 87.1 Å². The van der Waals surface area contributed by atoms with Gasteiger partial charge in [0.25, 0.3) is 0 Å². The first-order chi connectivity index (χ1) is 6.77. The third kappa shape index (κ3) is 1.72. The van der Waals surface area contributed by atoms with Crippen molar-refractivity contribution in [3.05, 3.63) is 47.5 Å². The van der Waals surface area contributed by atoms with E-state index >= 15 is 0 Å². The molecule has 0 atom stereocenters. The molecular weight excluding hydrogens is 198 g/mol. The van der Waals surface area contributed by atoms with Gasteiger partial charge < -0.3 is 10.3 Å². The van der Waals surface area contributed by atoms with Gasteiger partial charge in [0.2, 0.25) is 0 Å². The summed E-state index contributed by atoms with van der Waals surface area (Å²) in [5.74, 6) is 0. The van der Waals surface area contributed by atoms with E-state index in [1.54, 1.807) is 12.5 Å². The predicted octanol–water partition coefficient (Wildman–Crippen LogP) is 2.17. The van der Waals surface area contributed by atoms with Crippen LogP contribution in [0.15, 0.2) is 36.9 Å². The first-order valence-corrected chi connectivity index (χ1v) is 4.64. The molecule has 0 amide bonds. The second-order valence-electron chi connectivity index (χ2n) is 3.04. The summed E-state index contributed by atoms with van der Waals surface area (Å²) >= 11 is 6.03. The van der Waals surface area contributed by atoms with Gasteiger partial charge in [0.05, 0.1) is 12.9 Å². The van der Waals surface area contributed by atoms with Crippen LogP contribution < -0.4 is 5.73 Å². The monoisotopic (exact) mass is 207 g/mol. The Morgan fingerprint density at radius 1 is 1.43 bits per heavy atom. The number of rotatable bonds is 2. The van der Waals surface area contributed by atoms with Crippen molar-refractivity contribution in [3.63, 3.8) is 0 Å². The highest BCUT2D eigenvalue weighted by Gasteiger charge is 2.04. The largest absolute Gasteiger partial charge is 0.398 e. The van der Waals surface area contributed by atoms with Crippen LogP contribution in [0.5, 0.6) is 0 Å². The molecule has 0 unspecified atom stereocenters. The van der Waals surface area contributed by atoms with Gasteiger partial charge >= 0.3 is 0 Å². The number of nitrogen functional groups attached to an aromatic ring is 1. The van der Waals surface area contributed by atoms with Crippen LogP contribution in [0.1, 0.15) is 5.56 Å². The molecule has 0 radical (unpaired) electrons. The molecule has 0 fully saturated rings. The van der Waals surface area contributed by atoms with Crippen molar-refractivity contribution >= 4 is 17.3 Å². The molecule has 1 aromatic carbocycles. The minimum Gasteiger partial charge on any atom is -0.398 e. The van der Waals surface area contributed by atoms with Crippen molar-refractivity contribution in [2.45, 2.75) is 6.54 Å². The molecular formula is C10H10ClN3. The number of hydrogen-bond donors (Lipinski definition) is 1. The maximum Gasteiger partial charge on any atom is 0.0949 e. The van der Waals surface area contributed by atoms with Gasteiger partial charge in [-0.1, -0.05) is 17.7 Å². The van der Waals surface area contributed by atoms with E-state index in [9.17, 15) is 0 Å². The highest BCUT2D eigenvalue weighted by Crippen LogP contribution is 2.22. The van der Waals surface area contributed by atoms with Gasteiger partial charge in [-0.3, -0.25) is 0 Å². The van der Waals surface area contributed by atoms with Gasteiger partial charge in [-0.15, -0.1) is 0 Å². The Bertz CT molecular complexity index is 403. The van der Waals surface area contributed by atoms with E-state index < -0.39 is 0 Å². The molecule has 0 bridgehead atoms. The van der Waals surface area contributed by atoms with E-state index in [1.807, 2.05) is 29.0 Å². The van der Waals surface area contributed by atoms with Crippen molar-refractivity contribution in [2.75, 3.05) is 5.73 Å². The number of aromatic nitrogens is 2. The number of benzene rings is 1. The Morgan fingerprint density at radius 3 is 2.93 bits per heavy atom. The summed E-state index contributed by atoms with van der Waals surface area (Å²) in [5, 5.41) is 0.693. The lowest BCUT2D eigenvalue weighted by Gasteiger charge is -2.07. The molecule has 0 saturated carbocycles. The van der Waals surface area contributed by atoms with E-state index in [-0.39, 0.29) is 0 Å². The van der Waals surface area contributed by atoms with Gasteiger partial charge in [0.1, 0.15) is 0 Å². The molecule has 14 heavy (non-hydrogen) atoms. The van der Waals surface area contributed by atoms with Gasteiger partial charge in [-0.2, -0.15) is 0 Å². The summed E-state index contributed by atoms with van der Waals surface area (Å²) in [7, 11) is 0. The van der Waals surface area contributed by atoms with Crippen LogP contribution in [0.3, 0.4) is 0 Å². The Hall–Kier alpha value is -1.48. The molecule has 0 aliphatic carbocycles. The van der Waals surface area contributed by atoms with Gasteiger partial charge in [0, 0.05) is 28.7 Å². The Balaban J connectivity index is 2.33. The van der Waals surface area contributed by atoms with E-state index in [4.69, 9.17) is 17.3 Å². The number of anilines is 1. The molecule has 1 aromatic heterocycles. The molecule has 4 heteroatoms. The van der Waals surface area contributed by atoms with Gasteiger partial charge in [-0.25, -0.2) is 4.98 Å². The second-order valence-corrected chi connectivity index (χ2v) is 3.45. The van der Waals surface area contributed by atoms with Crippen LogP contribution in [-0.2, 0) is 6.54 Å². The average molecular weight is 208 g/mol. The fourth-order valence-corrected chi connectivity index (χ4v) is 1.55. The molecule has 0 aliphatic heterocycles. The summed E-state index contributed by atoms with van der Waals surface area (Å²) < 4.78 is 1.93. The SMILES string of the molecule is Nc1cccc(Cl)c1Cn1ccnc1. The van der Waals surface area contributed by atoms with Gasteiger partial charge in [-0.05, 0) is 12.1 Å². The van der Waals surface area contributed by atoms with Crippen LogP contribution in [0.4, 0.5) is 5.69 Å². The van der Waals surface area contributed by atoms with Crippen LogP contribution in [0, 0.1) is 0 Å². The summed E-state index contributed by atoms with van der Waals surface area (Å²) in [5.41, 5.74) is 7.47. The Kier molecular flexibility index (Phi) is 2.41. The number of nitrogens with two attached hydrogens (primary N) is 1. The second kappa shape index (κ2) is 3.72. The standard InChI is InChI=1S/C10H10ClN3/c11-9-2-1-3-10(12)8(9)6-14-5-4-13-7-14/h1-5,7H,6,12H2. The Morgan fingerprint density at radius 2 is 2.29 bits per heavy atom. The fraction of sp³-hybridized carbons (Fsp3) is 0.100. The van der Waals surface area contributed by atoms with Crippen molar-refractivity contribution in [2.24, 2.45) is 0 Å². The summed E-state index contributed by atoms with van der Waals surface area (Å²) in [6, 6.07) is 5.53. The highest BCUT2D eigenvalue weighted by atomic mass is 35.5. The normalized spacial score (nSPS) is 10.4. The third-order valence-corrected chi connectivity index (χ3v) is 2.41. The number of imidazole rings is 1. The average Bonchev–Trinajstić information content (AvgIpc) is 2.64. The number of nitrogens with zero attached hydrogens (tertiary/aromatic N) is 2. The lowest BCUT2D eigenvalue weighted by Crippen LogP contribution is -2.01. The topological polar surface area (TPSA) is 43.8 Å². The fourth-order valence-electron chi connectivity index (χ4n) is 1.30. The molecule has 3 nitrogen and oxygen atoms in total. The molecule has 1 heterocycles. The van der Waals surface area contributed by atoms with Crippen molar-refractivity contribution in [1.29, 1.82) is 0 Å². The van der Waals surface area contributed by atoms with Crippen LogP contribution in [-0.4, -0.2) is 9.55 Å². The molecule has 0 saturated heterocycles. The zero-order valence-corrected chi connectivity index (χ0v) is 8.28. The van der Waals surface area contributed by atoms with Crippen LogP contribution in [0.25, 0.3) is 0 Å². The first-order valence-electron chi connectivity index (χ1n) is 4.26. The number of hydrogen-bond acceptors (Lipinski definition) is 2. The van der Waals surface area contributed by atoms with Crippen molar-refractivity contribution in [1.82, 2.24) is 9.55 Å². The molecule has 72 valence electrons. The maximum absolute atomic E-state index is 6.03. The van der Waals surface area contributed by atoms with Crippen molar-refractivity contribution in [3.8, 4) is 0 Å². The highest BCUT2D eigenvalue weighted by molar-refractivity contribution is 6.31. The lowest BCUT2D eigenvalue weighted by molar-refractivity contribution is 0.799. The summed E-state index contributed by atoms with van der Waals surface area (Å²) in [6.45, 7) is 0.658. The summed E-state index contributed by atoms with van der Waals surface area (Å²) in [4.78, 5) is 3.96. The van der Waals surface area contributed by atoms with Gasteiger partial charge in [0.15, 0.2) is 0 Å². The van der Waals surface area contributed by atoms with Crippen molar-refractivity contribution < 1.29 is 0 Å². The van der Waals surface area contributed by atoms with E-state index in [0.717, 1.165) is 5.56 Å². The molecule has 2 N–H and O–H groups in total. The molecule has 0 spiro atoms. The minimum absolute atomic E-state index is 0.658. The van der Waals surface area contributed by atoms with E-state index in [2.05, 4.69) is 4.98 Å². The quantitative estimate of drug-likeness (QED) is 0.767. The predicted molar refractivity (Wildman–Crippen MR) is 57.2 cm³/mol. The zero-order valence-electron chi connectivity index (χ0n) is 7.52. The molecule has 0 aliphatic rings. The molecule has 2 rings (SSSR count). The number of halogens is 1. The summed E-state index contributed by atoms with van der Waals surface area (Å²) in [6.07, 6.45) is 5.35. The zero-order chi connectivity index (χ0) is 9.97. The van der Waals surface area contributed by atoms with E-state index in [0.29, 0.717) is 17.3 Å².